The molecule has 0 fully saturated rings. The van der Waals surface area contributed by atoms with E-state index in [0.717, 1.165) is 38.8 Å². The molecule has 1 aromatic carbocycles. The number of fused-ring (bicyclic) bond motifs is 2. The Bertz CT molecular complexity index is 795. The van der Waals surface area contributed by atoms with Crippen molar-refractivity contribution in [3.05, 3.63) is 46.8 Å². The van der Waals surface area contributed by atoms with Crippen molar-refractivity contribution in [3.63, 3.8) is 0 Å². The molecule has 0 atom stereocenters. The van der Waals surface area contributed by atoms with Crippen molar-refractivity contribution in [3.8, 4) is 0 Å². The number of anilines is 1. The molecule has 1 aromatic heterocycles. The number of aromatic nitrogens is 2. The molecule has 138 valence electrons. The SMILES string of the molecule is Cn1nc(C(=O)NCCCN2CCCc3ccccc32)c2c1CCCC2. The minimum absolute atomic E-state index is 0.0113. The smallest absolute Gasteiger partial charge is 0.272 e. The van der Waals surface area contributed by atoms with Crippen molar-refractivity contribution < 1.29 is 4.79 Å². The summed E-state index contributed by atoms with van der Waals surface area (Å²) in [4.78, 5) is 15.0. The van der Waals surface area contributed by atoms with Gasteiger partial charge in [0.1, 0.15) is 0 Å². The maximum absolute atomic E-state index is 12.6. The highest BCUT2D eigenvalue weighted by Gasteiger charge is 2.23. The van der Waals surface area contributed by atoms with E-state index in [1.165, 1.54) is 41.8 Å². The third kappa shape index (κ3) is 3.35. The molecule has 0 spiro atoms. The second kappa shape index (κ2) is 7.52. The monoisotopic (exact) mass is 352 g/mol. The summed E-state index contributed by atoms with van der Waals surface area (Å²) in [5.74, 6) is -0.0113. The van der Waals surface area contributed by atoms with Crippen LogP contribution in [0.3, 0.4) is 0 Å². The molecule has 4 rings (SSSR count). The summed E-state index contributed by atoms with van der Waals surface area (Å²) in [5, 5.41) is 7.57. The zero-order valence-electron chi connectivity index (χ0n) is 15.6. The number of carbonyl (C=O) groups is 1. The average molecular weight is 352 g/mol. The normalized spacial score (nSPS) is 16.1. The number of rotatable bonds is 5. The van der Waals surface area contributed by atoms with Crippen LogP contribution in [0.4, 0.5) is 5.69 Å². The van der Waals surface area contributed by atoms with Crippen molar-refractivity contribution in [2.24, 2.45) is 7.05 Å². The van der Waals surface area contributed by atoms with Crippen LogP contribution in [0, 0.1) is 0 Å². The van der Waals surface area contributed by atoms with E-state index in [1.807, 2.05) is 11.7 Å². The lowest BCUT2D eigenvalue weighted by atomic mass is 9.95. The molecule has 0 bridgehead atoms. The average Bonchev–Trinajstić information content (AvgIpc) is 3.02. The van der Waals surface area contributed by atoms with E-state index >= 15 is 0 Å². The molecule has 2 aliphatic rings. The fourth-order valence-corrected chi connectivity index (χ4v) is 4.35. The number of nitrogens with zero attached hydrogens (tertiary/aromatic N) is 3. The predicted molar refractivity (Wildman–Crippen MR) is 104 cm³/mol. The quantitative estimate of drug-likeness (QED) is 0.842. The molecule has 2 aromatic rings. The molecule has 1 aliphatic carbocycles. The highest BCUT2D eigenvalue weighted by Crippen LogP contribution is 2.26. The first-order valence-electron chi connectivity index (χ1n) is 9.90. The van der Waals surface area contributed by atoms with Crippen LogP contribution in [-0.4, -0.2) is 35.3 Å². The summed E-state index contributed by atoms with van der Waals surface area (Å²) in [6.07, 6.45) is 7.72. The number of benzene rings is 1. The van der Waals surface area contributed by atoms with Crippen LogP contribution in [0.2, 0.25) is 0 Å². The van der Waals surface area contributed by atoms with Crippen molar-refractivity contribution in [1.82, 2.24) is 15.1 Å². The van der Waals surface area contributed by atoms with Crippen LogP contribution in [-0.2, 0) is 26.3 Å². The molecule has 0 saturated heterocycles. The van der Waals surface area contributed by atoms with Gasteiger partial charge >= 0.3 is 0 Å². The molecule has 0 saturated carbocycles. The lowest BCUT2D eigenvalue weighted by Gasteiger charge is -2.31. The van der Waals surface area contributed by atoms with Gasteiger partial charge in [-0.25, -0.2) is 0 Å². The van der Waals surface area contributed by atoms with E-state index in [9.17, 15) is 4.79 Å². The van der Waals surface area contributed by atoms with Gasteiger partial charge in [-0.1, -0.05) is 18.2 Å². The Morgan fingerprint density at radius 3 is 2.92 bits per heavy atom. The van der Waals surface area contributed by atoms with Crippen molar-refractivity contribution in [2.45, 2.75) is 44.9 Å². The molecular formula is C21H28N4O. The number of amides is 1. The fraction of sp³-hybridized carbons (Fsp3) is 0.524. The number of hydrogen-bond acceptors (Lipinski definition) is 3. The van der Waals surface area contributed by atoms with Gasteiger partial charge in [-0.3, -0.25) is 9.48 Å². The zero-order valence-corrected chi connectivity index (χ0v) is 15.6. The van der Waals surface area contributed by atoms with E-state index in [2.05, 4.69) is 39.6 Å². The van der Waals surface area contributed by atoms with Gasteiger partial charge in [-0.15, -0.1) is 0 Å². The van der Waals surface area contributed by atoms with Crippen LogP contribution in [0.15, 0.2) is 24.3 Å². The van der Waals surface area contributed by atoms with Gasteiger partial charge in [-0.05, 0) is 56.6 Å². The molecule has 0 unspecified atom stereocenters. The van der Waals surface area contributed by atoms with E-state index in [4.69, 9.17) is 0 Å². The van der Waals surface area contributed by atoms with Crippen LogP contribution in [0.25, 0.3) is 0 Å². The molecule has 1 N–H and O–H groups in total. The predicted octanol–water partition coefficient (Wildman–Crippen LogP) is 2.87. The van der Waals surface area contributed by atoms with E-state index in [0.29, 0.717) is 12.2 Å². The molecule has 2 heterocycles. The third-order valence-corrected chi connectivity index (χ3v) is 5.68. The van der Waals surface area contributed by atoms with Gasteiger partial charge in [0.15, 0.2) is 5.69 Å². The maximum Gasteiger partial charge on any atom is 0.272 e. The molecule has 5 nitrogen and oxygen atoms in total. The van der Waals surface area contributed by atoms with Gasteiger partial charge < -0.3 is 10.2 Å². The topological polar surface area (TPSA) is 50.2 Å². The highest BCUT2D eigenvalue weighted by atomic mass is 16.1. The van der Waals surface area contributed by atoms with Gasteiger partial charge in [0.05, 0.1) is 0 Å². The summed E-state index contributed by atoms with van der Waals surface area (Å²) in [6, 6.07) is 8.68. The number of carbonyl (C=O) groups excluding carboxylic acids is 1. The molecular weight excluding hydrogens is 324 g/mol. The Labute approximate surface area is 155 Å². The standard InChI is InChI=1S/C21H28N4O/c1-24-19-12-5-3-10-17(19)20(23-24)21(26)22-13-7-15-25-14-6-9-16-8-2-4-11-18(16)25/h2,4,8,11H,3,5-7,9-10,12-15H2,1H3,(H,22,26). The fourth-order valence-electron chi connectivity index (χ4n) is 4.35. The summed E-state index contributed by atoms with van der Waals surface area (Å²) >= 11 is 0. The number of nitrogens with one attached hydrogen (secondary N) is 1. The first kappa shape index (κ1) is 17.1. The summed E-state index contributed by atoms with van der Waals surface area (Å²) in [7, 11) is 1.95. The zero-order chi connectivity index (χ0) is 17.9. The second-order valence-corrected chi connectivity index (χ2v) is 7.43. The Balaban J connectivity index is 1.31. The number of para-hydroxylation sites is 1. The first-order valence-corrected chi connectivity index (χ1v) is 9.90. The number of aryl methyl sites for hydroxylation is 2. The molecule has 5 heteroatoms. The van der Waals surface area contributed by atoms with E-state index in [-0.39, 0.29) is 5.91 Å². The van der Waals surface area contributed by atoms with Gasteiger partial charge in [-0.2, -0.15) is 5.10 Å². The highest BCUT2D eigenvalue weighted by molar-refractivity contribution is 5.94. The van der Waals surface area contributed by atoms with Crippen LogP contribution < -0.4 is 10.2 Å². The minimum atomic E-state index is -0.0113. The summed E-state index contributed by atoms with van der Waals surface area (Å²) < 4.78 is 1.90. The van der Waals surface area contributed by atoms with Crippen LogP contribution >= 0.6 is 0 Å². The van der Waals surface area contributed by atoms with Crippen molar-refractivity contribution in [2.75, 3.05) is 24.5 Å². The molecule has 0 radical (unpaired) electrons. The summed E-state index contributed by atoms with van der Waals surface area (Å²) in [5.41, 5.74) is 5.87. The third-order valence-electron chi connectivity index (χ3n) is 5.68. The molecule has 1 aliphatic heterocycles. The molecule has 1 amide bonds. The van der Waals surface area contributed by atoms with Crippen LogP contribution in [0.1, 0.15) is 53.0 Å². The van der Waals surface area contributed by atoms with Gasteiger partial charge in [0.2, 0.25) is 0 Å². The van der Waals surface area contributed by atoms with Crippen LogP contribution in [0.5, 0.6) is 0 Å². The number of hydrogen-bond donors (Lipinski definition) is 1. The minimum Gasteiger partial charge on any atom is -0.371 e. The maximum atomic E-state index is 12.6. The van der Waals surface area contributed by atoms with Gasteiger partial charge in [0.25, 0.3) is 5.91 Å². The Morgan fingerprint density at radius 2 is 2.00 bits per heavy atom. The van der Waals surface area contributed by atoms with Crippen molar-refractivity contribution in [1.29, 1.82) is 0 Å². The van der Waals surface area contributed by atoms with E-state index in [1.54, 1.807) is 0 Å². The van der Waals surface area contributed by atoms with Crippen molar-refractivity contribution >= 4 is 11.6 Å². The lowest BCUT2D eigenvalue weighted by molar-refractivity contribution is 0.0946. The van der Waals surface area contributed by atoms with Gasteiger partial charge in [0, 0.05) is 43.6 Å². The first-order chi connectivity index (χ1) is 12.7. The Morgan fingerprint density at radius 1 is 1.15 bits per heavy atom. The lowest BCUT2D eigenvalue weighted by Crippen LogP contribution is -2.33. The molecule has 26 heavy (non-hydrogen) atoms. The largest absolute Gasteiger partial charge is 0.371 e. The Kier molecular flexibility index (Phi) is 4.96. The van der Waals surface area contributed by atoms with E-state index < -0.39 is 0 Å². The second-order valence-electron chi connectivity index (χ2n) is 7.43. The summed E-state index contributed by atoms with van der Waals surface area (Å²) in [6.45, 7) is 2.79. The Hall–Kier alpha value is -2.30.